The molecular weight excluding hydrogens is 202 g/mol. The lowest BCUT2D eigenvalue weighted by atomic mass is 10.1. The Kier molecular flexibility index (Phi) is 4.74. The van der Waals surface area contributed by atoms with Gasteiger partial charge in [0.15, 0.2) is 6.29 Å². The minimum Gasteiger partial charge on any atom is -0.383 e. The molecule has 0 amide bonds. The van der Waals surface area contributed by atoms with E-state index in [4.69, 9.17) is 4.74 Å². The van der Waals surface area contributed by atoms with E-state index in [2.05, 4.69) is 11.5 Å². The van der Waals surface area contributed by atoms with Gasteiger partial charge in [0.25, 0.3) is 0 Å². The van der Waals surface area contributed by atoms with E-state index in [-0.39, 0.29) is 0 Å². The van der Waals surface area contributed by atoms with Crippen molar-refractivity contribution in [2.24, 2.45) is 0 Å². The molecule has 0 spiro atoms. The van der Waals surface area contributed by atoms with Gasteiger partial charge in [0.05, 0.1) is 12.6 Å². The van der Waals surface area contributed by atoms with Crippen LogP contribution in [0.2, 0.25) is 0 Å². The molecule has 0 saturated carbocycles. The highest BCUT2D eigenvalue weighted by atomic mass is 16.5. The Balaban J connectivity index is 3.07. The molecule has 0 radical (unpaired) electrons. The number of rotatable bonds is 6. The Morgan fingerprint density at radius 3 is 2.62 bits per heavy atom. The quantitative estimate of drug-likeness (QED) is 0.694. The van der Waals surface area contributed by atoms with Gasteiger partial charge < -0.3 is 9.30 Å². The Labute approximate surface area is 97.4 Å². The third-order valence-electron chi connectivity index (χ3n) is 3.00. The average Bonchev–Trinajstić information content (AvgIpc) is 2.54. The third kappa shape index (κ3) is 2.53. The van der Waals surface area contributed by atoms with Gasteiger partial charge >= 0.3 is 0 Å². The van der Waals surface area contributed by atoms with E-state index in [1.54, 1.807) is 7.11 Å². The second kappa shape index (κ2) is 5.85. The second-order valence-electron chi connectivity index (χ2n) is 4.21. The van der Waals surface area contributed by atoms with Crippen LogP contribution >= 0.6 is 0 Å². The molecule has 3 nitrogen and oxygen atoms in total. The number of carbonyl (C=O) groups excluding carboxylic acids is 1. The number of carbonyl (C=O) groups is 1. The predicted molar refractivity (Wildman–Crippen MR) is 65.1 cm³/mol. The highest BCUT2D eigenvalue weighted by molar-refractivity contribution is 5.77. The molecule has 1 unspecified atom stereocenters. The summed E-state index contributed by atoms with van der Waals surface area (Å²) < 4.78 is 7.47. The first-order chi connectivity index (χ1) is 7.65. The Hall–Kier alpha value is -1.09. The Morgan fingerprint density at radius 2 is 2.19 bits per heavy atom. The molecule has 0 N–H and O–H groups in total. The van der Waals surface area contributed by atoms with Crippen molar-refractivity contribution in [3.63, 3.8) is 0 Å². The van der Waals surface area contributed by atoms with Gasteiger partial charge in [-0.05, 0) is 26.3 Å². The highest BCUT2D eigenvalue weighted by Gasteiger charge is 2.16. The van der Waals surface area contributed by atoms with Crippen molar-refractivity contribution in [1.29, 1.82) is 0 Å². The fourth-order valence-electron chi connectivity index (χ4n) is 2.30. The van der Waals surface area contributed by atoms with Crippen LogP contribution in [0.15, 0.2) is 6.07 Å². The van der Waals surface area contributed by atoms with Crippen LogP contribution in [0, 0.1) is 13.8 Å². The molecule has 0 aromatic carbocycles. The number of aldehydes is 1. The fraction of sp³-hybridized carbons (Fsp3) is 0.615. The lowest BCUT2D eigenvalue weighted by molar-refractivity contribution is 0.112. The van der Waals surface area contributed by atoms with Crippen LogP contribution in [-0.4, -0.2) is 24.6 Å². The molecule has 0 bridgehead atoms. The zero-order valence-corrected chi connectivity index (χ0v) is 10.6. The number of nitrogens with zero attached hydrogens (tertiary/aromatic N) is 1. The molecule has 0 aliphatic carbocycles. The topological polar surface area (TPSA) is 31.2 Å². The molecule has 1 aromatic rings. The van der Waals surface area contributed by atoms with Gasteiger partial charge in [-0.2, -0.15) is 0 Å². The normalized spacial score (nSPS) is 12.8. The first kappa shape index (κ1) is 13.0. The lowest BCUT2D eigenvalue weighted by Gasteiger charge is -2.21. The molecule has 0 fully saturated rings. The summed E-state index contributed by atoms with van der Waals surface area (Å²) >= 11 is 0. The SMILES string of the molecule is CCCC(COC)n1c(C)cc(C=O)c1C. The van der Waals surface area contributed by atoms with Gasteiger partial charge in [-0.25, -0.2) is 0 Å². The van der Waals surface area contributed by atoms with E-state index in [1.165, 1.54) is 0 Å². The number of methoxy groups -OCH3 is 1. The summed E-state index contributed by atoms with van der Waals surface area (Å²) in [5.74, 6) is 0. The maximum Gasteiger partial charge on any atom is 0.151 e. The molecule has 0 aliphatic heterocycles. The molecular formula is C13H21NO2. The van der Waals surface area contributed by atoms with Crippen molar-refractivity contribution in [1.82, 2.24) is 4.57 Å². The van der Waals surface area contributed by atoms with Gasteiger partial charge in [0.2, 0.25) is 0 Å². The molecule has 1 heterocycles. The van der Waals surface area contributed by atoms with Gasteiger partial charge in [-0.1, -0.05) is 13.3 Å². The number of ether oxygens (including phenoxy) is 1. The summed E-state index contributed by atoms with van der Waals surface area (Å²) in [6.07, 6.45) is 3.11. The molecule has 0 aliphatic rings. The molecule has 0 saturated heterocycles. The highest BCUT2D eigenvalue weighted by Crippen LogP contribution is 2.23. The second-order valence-corrected chi connectivity index (χ2v) is 4.21. The third-order valence-corrected chi connectivity index (χ3v) is 3.00. The summed E-state index contributed by atoms with van der Waals surface area (Å²) in [5, 5.41) is 0. The van der Waals surface area contributed by atoms with Crippen LogP contribution in [-0.2, 0) is 4.74 Å². The van der Waals surface area contributed by atoms with E-state index in [0.717, 1.165) is 36.1 Å². The molecule has 1 rings (SSSR count). The number of aryl methyl sites for hydroxylation is 1. The maximum absolute atomic E-state index is 10.9. The van der Waals surface area contributed by atoms with E-state index in [0.29, 0.717) is 12.6 Å². The standard InChI is InChI=1S/C13H21NO2/c1-5-6-13(9-16-4)14-10(2)7-12(8-15)11(14)3/h7-8,13H,5-6,9H2,1-4H3. The van der Waals surface area contributed by atoms with E-state index >= 15 is 0 Å². The van der Waals surface area contributed by atoms with Gasteiger partial charge in [-0.3, -0.25) is 4.79 Å². The Morgan fingerprint density at radius 1 is 1.50 bits per heavy atom. The average molecular weight is 223 g/mol. The van der Waals surface area contributed by atoms with Crippen LogP contribution in [0.5, 0.6) is 0 Å². The first-order valence-electron chi connectivity index (χ1n) is 5.78. The van der Waals surface area contributed by atoms with Crippen molar-refractivity contribution in [2.75, 3.05) is 13.7 Å². The predicted octanol–water partition coefficient (Wildman–Crippen LogP) is 2.91. The lowest BCUT2D eigenvalue weighted by Crippen LogP contribution is -2.17. The number of aromatic nitrogens is 1. The van der Waals surface area contributed by atoms with Crippen LogP contribution in [0.25, 0.3) is 0 Å². The van der Waals surface area contributed by atoms with Crippen molar-refractivity contribution in [3.05, 3.63) is 23.0 Å². The minimum atomic E-state index is 0.337. The van der Waals surface area contributed by atoms with Crippen molar-refractivity contribution < 1.29 is 9.53 Å². The molecule has 1 aromatic heterocycles. The summed E-state index contributed by atoms with van der Waals surface area (Å²) in [5.41, 5.74) is 2.97. The van der Waals surface area contributed by atoms with E-state index in [9.17, 15) is 4.79 Å². The minimum absolute atomic E-state index is 0.337. The van der Waals surface area contributed by atoms with Crippen molar-refractivity contribution in [3.8, 4) is 0 Å². The molecule has 1 atom stereocenters. The number of hydrogen-bond acceptors (Lipinski definition) is 2. The summed E-state index contributed by atoms with van der Waals surface area (Å²) in [4.78, 5) is 10.9. The van der Waals surface area contributed by atoms with Crippen LogP contribution in [0.1, 0.15) is 47.6 Å². The van der Waals surface area contributed by atoms with E-state index in [1.807, 2.05) is 19.9 Å². The first-order valence-corrected chi connectivity index (χ1v) is 5.78. The van der Waals surface area contributed by atoms with Gasteiger partial charge in [0.1, 0.15) is 0 Å². The fourth-order valence-corrected chi connectivity index (χ4v) is 2.30. The smallest absolute Gasteiger partial charge is 0.151 e. The summed E-state index contributed by atoms with van der Waals surface area (Å²) in [6.45, 7) is 6.90. The van der Waals surface area contributed by atoms with Crippen LogP contribution in [0.3, 0.4) is 0 Å². The van der Waals surface area contributed by atoms with Crippen LogP contribution in [0.4, 0.5) is 0 Å². The van der Waals surface area contributed by atoms with Gasteiger partial charge in [0, 0.05) is 24.1 Å². The summed E-state index contributed by atoms with van der Waals surface area (Å²) in [6, 6.07) is 2.28. The Bertz CT molecular complexity index is 349. The molecule has 3 heteroatoms. The number of hydrogen-bond donors (Lipinski definition) is 0. The van der Waals surface area contributed by atoms with Crippen molar-refractivity contribution in [2.45, 2.75) is 39.7 Å². The zero-order chi connectivity index (χ0) is 12.1. The van der Waals surface area contributed by atoms with Crippen LogP contribution < -0.4 is 0 Å². The maximum atomic E-state index is 10.9. The summed E-state index contributed by atoms with van der Waals surface area (Å²) in [7, 11) is 1.72. The van der Waals surface area contributed by atoms with Crippen molar-refractivity contribution >= 4 is 6.29 Å². The largest absolute Gasteiger partial charge is 0.383 e. The zero-order valence-electron chi connectivity index (χ0n) is 10.6. The van der Waals surface area contributed by atoms with Gasteiger partial charge in [-0.15, -0.1) is 0 Å². The molecule has 16 heavy (non-hydrogen) atoms. The molecule has 90 valence electrons. The van der Waals surface area contributed by atoms with E-state index < -0.39 is 0 Å². The monoisotopic (exact) mass is 223 g/mol.